The lowest BCUT2D eigenvalue weighted by Gasteiger charge is -2.46. The monoisotopic (exact) mass is 565 g/mol. The van der Waals surface area contributed by atoms with Gasteiger partial charge in [0.2, 0.25) is 0 Å². The molecule has 0 aromatic heterocycles. The van der Waals surface area contributed by atoms with Crippen LogP contribution in [0.5, 0.6) is 0 Å². The van der Waals surface area contributed by atoms with E-state index in [1.165, 1.54) is 0 Å². The van der Waals surface area contributed by atoms with Crippen molar-refractivity contribution in [2.24, 2.45) is 0 Å². The van der Waals surface area contributed by atoms with Crippen molar-refractivity contribution >= 4 is 12.6 Å². The number of hydrogen-bond acceptors (Lipinski definition) is 17. The van der Waals surface area contributed by atoms with E-state index in [0.717, 1.165) is 0 Å². The van der Waals surface area contributed by atoms with Gasteiger partial charge in [-0.05, 0) is 0 Å². The van der Waals surface area contributed by atoms with Crippen molar-refractivity contribution in [2.75, 3.05) is 38.7 Å². The summed E-state index contributed by atoms with van der Waals surface area (Å²) >= 11 is 4.00. The van der Waals surface area contributed by atoms with Crippen LogP contribution in [0.3, 0.4) is 0 Å². The molecule has 0 aromatic carbocycles. The Kier molecular flexibility index (Phi) is 13.8. The van der Waals surface area contributed by atoms with Gasteiger partial charge in [-0.15, -0.1) is 0 Å². The third-order valence-electron chi connectivity index (χ3n) is 6.19. The molecule has 2 fully saturated rings. The molecule has 2 saturated heterocycles. The Morgan fingerprint density at radius 1 is 0.757 bits per heavy atom. The van der Waals surface area contributed by atoms with Crippen molar-refractivity contribution in [2.45, 2.75) is 85.8 Å². The molecule has 2 aliphatic rings. The first-order valence-corrected chi connectivity index (χ1v) is 12.4. The fourth-order valence-corrected chi connectivity index (χ4v) is 4.15. The van der Waals surface area contributed by atoms with Gasteiger partial charge in [0.05, 0.1) is 25.9 Å². The maximum atomic E-state index is 10.7. The zero-order valence-corrected chi connectivity index (χ0v) is 20.7. The van der Waals surface area contributed by atoms with Crippen LogP contribution in [-0.4, -0.2) is 181 Å². The second-order valence-electron chi connectivity index (χ2n) is 8.84. The molecule has 0 spiro atoms. The number of rotatable bonds is 14. The summed E-state index contributed by atoms with van der Waals surface area (Å²) in [6.07, 6.45) is -23.8. The van der Waals surface area contributed by atoms with E-state index in [1.807, 2.05) is 0 Å². The Balaban J connectivity index is 2.14. The highest BCUT2D eigenvalue weighted by Gasteiger charge is 2.51. The predicted octanol–water partition coefficient (Wildman–Crippen LogP) is -7.41. The average Bonchev–Trinajstić information content (AvgIpc) is 2.90. The fraction of sp³-hybridized carbons (Fsp3) is 1.00. The molecule has 0 amide bonds. The van der Waals surface area contributed by atoms with Crippen LogP contribution in [0, 0.1) is 0 Å². The van der Waals surface area contributed by atoms with Gasteiger partial charge < -0.3 is 80.4 Å². The SMILES string of the molecule is OC[C@@H](O)[C@@H](O[C@H]1O[C@H](CO)[C@@H](O[C@H]2O[C@H](CO)[C@@H](O)[C@H](O)[C@H]2O)[C@H](O)[C@H]1O)[C@H](O)[C@@H](O)CNCCS. The van der Waals surface area contributed by atoms with Crippen molar-refractivity contribution in [1.82, 2.24) is 5.32 Å². The maximum absolute atomic E-state index is 10.7. The smallest absolute Gasteiger partial charge is 0.187 e. The Labute approximate surface area is 218 Å². The molecule has 16 nitrogen and oxygen atoms in total. The topological polar surface area (TPSA) is 271 Å². The molecule has 14 atom stereocenters. The molecular weight excluding hydrogens is 526 g/mol. The molecule has 0 aliphatic carbocycles. The zero-order chi connectivity index (χ0) is 27.9. The first-order chi connectivity index (χ1) is 17.5. The van der Waals surface area contributed by atoms with Crippen LogP contribution in [-0.2, 0) is 18.9 Å². The molecule has 0 aromatic rings. The number of thiol groups is 1. The van der Waals surface area contributed by atoms with E-state index in [1.54, 1.807) is 0 Å². The molecule has 220 valence electrons. The van der Waals surface area contributed by atoms with Crippen molar-refractivity contribution < 1.29 is 75.1 Å². The highest BCUT2D eigenvalue weighted by atomic mass is 32.1. The number of ether oxygens (including phenoxy) is 4. The van der Waals surface area contributed by atoms with Crippen LogP contribution in [0.25, 0.3) is 0 Å². The molecule has 2 heterocycles. The van der Waals surface area contributed by atoms with Gasteiger partial charge in [-0.3, -0.25) is 0 Å². The molecule has 12 N–H and O–H groups in total. The van der Waals surface area contributed by atoms with Gasteiger partial charge >= 0.3 is 0 Å². The van der Waals surface area contributed by atoms with Crippen LogP contribution in [0.1, 0.15) is 0 Å². The Hall–Kier alpha value is -0.290. The second kappa shape index (κ2) is 15.5. The van der Waals surface area contributed by atoms with Crippen molar-refractivity contribution in [3.05, 3.63) is 0 Å². The van der Waals surface area contributed by atoms with E-state index in [0.29, 0.717) is 12.3 Å². The summed E-state index contributed by atoms with van der Waals surface area (Å²) in [6, 6.07) is 0. The van der Waals surface area contributed by atoms with E-state index in [4.69, 9.17) is 18.9 Å². The number of aliphatic hydroxyl groups excluding tert-OH is 11. The Morgan fingerprint density at radius 2 is 1.35 bits per heavy atom. The number of nitrogens with one attached hydrogen (secondary N) is 1. The normalized spacial score (nSPS) is 40.2. The summed E-state index contributed by atoms with van der Waals surface area (Å²) in [5, 5.41) is 113. The van der Waals surface area contributed by atoms with Crippen LogP contribution in [0.2, 0.25) is 0 Å². The minimum absolute atomic E-state index is 0.134. The molecule has 0 unspecified atom stereocenters. The quantitative estimate of drug-likeness (QED) is 0.0688. The minimum Gasteiger partial charge on any atom is -0.394 e. The largest absolute Gasteiger partial charge is 0.394 e. The highest BCUT2D eigenvalue weighted by Crippen LogP contribution is 2.30. The van der Waals surface area contributed by atoms with Gasteiger partial charge in [-0.1, -0.05) is 0 Å². The molecule has 0 radical (unpaired) electrons. The fourth-order valence-electron chi connectivity index (χ4n) is 3.99. The Bertz CT molecular complexity index is 651. The highest BCUT2D eigenvalue weighted by molar-refractivity contribution is 7.80. The summed E-state index contributed by atoms with van der Waals surface area (Å²) in [4.78, 5) is 0. The predicted molar refractivity (Wildman–Crippen MR) is 123 cm³/mol. The molecule has 2 aliphatic heterocycles. The molecule has 17 heteroatoms. The zero-order valence-electron chi connectivity index (χ0n) is 19.8. The van der Waals surface area contributed by atoms with Crippen molar-refractivity contribution in [3.63, 3.8) is 0 Å². The van der Waals surface area contributed by atoms with Crippen LogP contribution < -0.4 is 5.32 Å². The van der Waals surface area contributed by atoms with E-state index in [2.05, 4.69) is 17.9 Å². The Morgan fingerprint density at radius 3 is 1.92 bits per heavy atom. The standard InChI is InChI=1S/C20H39NO15S/c22-4-8(26)17(11(27)7(25)3-21-1-2-37)35-20-16(32)14(30)18(10(6-24)34-20)36-19-15(31)13(29)12(28)9(5-23)33-19/h7-32,37H,1-6H2/t7-,8+,9+,10+,11+,12+,13-,14+,15+,16+,17+,18+,19+,20+/m0/s1. The van der Waals surface area contributed by atoms with Gasteiger partial charge in [-0.25, -0.2) is 0 Å². The van der Waals surface area contributed by atoms with Crippen LogP contribution in [0.4, 0.5) is 0 Å². The lowest BCUT2D eigenvalue weighted by atomic mass is 9.96. The third kappa shape index (κ3) is 8.12. The van der Waals surface area contributed by atoms with E-state index in [-0.39, 0.29) is 6.54 Å². The van der Waals surface area contributed by atoms with Gasteiger partial charge in [0, 0.05) is 18.8 Å². The molecule has 37 heavy (non-hydrogen) atoms. The second-order valence-corrected chi connectivity index (χ2v) is 9.29. The minimum atomic E-state index is -1.95. The maximum Gasteiger partial charge on any atom is 0.187 e. The van der Waals surface area contributed by atoms with Crippen LogP contribution in [0.15, 0.2) is 0 Å². The van der Waals surface area contributed by atoms with Gasteiger partial charge in [0.1, 0.15) is 67.1 Å². The number of aliphatic hydroxyl groups is 11. The van der Waals surface area contributed by atoms with Crippen LogP contribution >= 0.6 is 12.6 Å². The van der Waals surface area contributed by atoms with E-state index in [9.17, 15) is 56.2 Å². The summed E-state index contributed by atoms with van der Waals surface area (Å²) in [7, 11) is 0. The summed E-state index contributed by atoms with van der Waals surface area (Å²) < 4.78 is 21.5. The first-order valence-electron chi connectivity index (χ1n) is 11.7. The molecule has 0 bridgehead atoms. The third-order valence-corrected chi connectivity index (χ3v) is 6.41. The average molecular weight is 566 g/mol. The number of hydrogen-bond donors (Lipinski definition) is 13. The summed E-state index contributed by atoms with van der Waals surface area (Å²) in [5.41, 5.74) is 0. The van der Waals surface area contributed by atoms with Gasteiger partial charge in [0.25, 0.3) is 0 Å². The van der Waals surface area contributed by atoms with E-state index < -0.39 is 106 Å². The summed E-state index contributed by atoms with van der Waals surface area (Å²) in [6.45, 7) is -2.23. The van der Waals surface area contributed by atoms with Gasteiger partial charge in [0.15, 0.2) is 12.6 Å². The first kappa shape index (κ1) is 32.9. The lowest BCUT2D eigenvalue weighted by Crippen LogP contribution is -2.65. The van der Waals surface area contributed by atoms with E-state index >= 15 is 0 Å². The van der Waals surface area contributed by atoms with Gasteiger partial charge in [-0.2, -0.15) is 12.6 Å². The summed E-state index contributed by atoms with van der Waals surface area (Å²) in [5.74, 6) is 0.441. The molecule has 2 rings (SSSR count). The van der Waals surface area contributed by atoms with Crippen molar-refractivity contribution in [1.29, 1.82) is 0 Å². The molecule has 0 saturated carbocycles. The lowest BCUT2D eigenvalue weighted by molar-refractivity contribution is -0.367. The van der Waals surface area contributed by atoms with Crippen molar-refractivity contribution in [3.8, 4) is 0 Å². The molecular formula is C20H39NO15S.